The molecular weight excluding hydrogens is 366 g/mol. The first-order valence-corrected chi connectivity index (χ1v) is 9.66. The van der Waals surface area contributed by atoms with Crippen molar-refractivity contribution in [3.8, 4) is 5.75 Å². The largest absolute Gasteiger partial charge is 0.482 e. The molecule has 1 aromatic rings. The first-order chi connectivity index (χ1) is 12.4. The Morgan fingerprint density at radius 2 is 1.74 bits per heavy atom. The lowest BCUT2D eigenvalue weighted by molar-refractivity contribution is -0.139. The van der Waals surface area contributed by atoms with E-state index in [0.717, 1.165) is 23.3 Å². The Balaban J connectivity index is 0.00000210. The molecule has 4 aliphatic carbocycles. The van der Waals surface area contributed by atoms with Gasteiger partial charge in [0.25, 0.3) is 0 Å². The van der Waals surface area contributed by atoms with Crippen LogP contribution in [0.2, 0.25) is 0 Å². The van der Waals surface area contributed by atoms with Gasteiger partial charge in [-0.05, 0) is 80.2 Å². The van der Waals surface area contributed by atoms with Crippen molar-refractivity contribution in [1.29, 1.82) is 0 Å². The molecule has 4 aliphatic rings. The highest BCUT2D eigenvalue weighted by molar-refractivity contribution is 5.92. The number of carbonyl (C=O) groups is 2. The lowest BCUT2D eigenvalue weighted by Crippen LogP contribution is -2.47. The second-order valence-electron chi connectivity index (χ2n) is 8.80. The Hall–Kier alpha value is -1.75. The Morgan fingerprint density at radius 3 is 2.30 bits per heavy atom. The summed E-state index contributed by atoms with van der Waals surface area (Å²) in [4.78, 5) is 23.4. The molecule has 6 heteroatoms. The Labute approximate surface area is 166 Å². The first-order valence-electron chi connectivity index (χ1n) is 9.66. The standard InChI is InChI=1S/C21H27NO4.ClH/c1-13-2-3-17(26-12-20(24)25)7-18(13)22-19(23)11-21-8-14-4-15(9-21)6-16(5-14)10-21;/h2-3,7,14-16H,4-6,8-12H2,1H3,(H,22,23)(H,24,25);1H. The van der Waals surface area contributed by atoms with E-state index in [-0.39, 0.29) is 30.3 Å². The van der Waals surface area contributed by atoms with E-state index in [9.17, 15) is 9.59 Å². The van der Waals surface area contributed by atoms with Gasteiger partial charge in [0.05, 0.1) is 0 Å². The molecule has 0 spiro atoms. The van der Waals surface area contributed by atoms with Crippen molar-refractivity contribution in [2.24, 2.45) is 23.2 Å². The Morgan fingerprint density at radius 1 is 1.15 bits per heavy atom. The van der Waals surface area contributed by atoms with Gasteiger partial charge in [0, 0.05) is 18.2 Å². The van der Waals surface area contributed by atoms with Gasteiger partial charge in [0.15, 0.2) is 6.61 Å². The first kappa shape index (κ1) is 20.0. The summed E-state index contributed by atoms with van der Waals surface area (Å²) in [5.74, 6) is 2.03. The molecule has 4 bridgehead atoms. The van der Waals surface area contributed by atoms with Gasteiger partial charge < -0.3 is 15.2 Å². The number of benzene rings is 1. The van der Waals surface area contributed by atoms with Crippen LogP contribution in [-0.4, -0.2) is 23.6 Å². The molecule has 1 amide bonds. The maximum absolute atomic E-state index is 12.8. The highest BCUT2D eigenvalue weighted by atomic mass is 35.5. The van der Waals surface area contributed by atoms with Gasteiger partial charge in [0.1, 0.15) is 5.75 Å². The quantitative estimate of drug-likeness (QED) is 0.749. The predicted molar refractivity (Wildman–Crippen MR) is 105 cm³/mol. The maximum atomic E-state index is 12.8. The monoisotopic (exact) mass is 393 g/mol. The van der Waals surface area contributed by atoms with Crippen molar-refractivity contribution >= 4 is 30.0 Å². The van der Waals surface area contributed by atoms with Crippen LogP contribution in [0.15, 0.2) is 18.2 Å². The molecule has 5 rings (SSSR count). The summed E-state index contributed by atoms with van der Waals surface area (Å²) in [7, 11) is 0. The van der Waals surface area contributed by atoms with Crippen molar-refractivity contribution in [3.05, 3.63) is 23.8 Å². The number of carboxylic acids is 1. The van der Waals surface area contributed by atoms with Crippen LogP contribution in [0.1, 0.15) is 50.5 Å². The molecule has 4 saturated carbocycles. The highest BCUT2D eigenvalue weighted by Gasteiger charge is 2.51. The zero-order chi connectivity index (χ0) is 18.3. The summed E-state index contributed by atoms with van der Waals surface area (Å²) in [5.41, 5.74) is 1.87. The third-order valence-electron chi connectivity index (χ3n) is 6.55. The van der Waals surface area contributed by atoms with Gasteiger partial charge in [-0.25, -0.2) is 4.79 Å². The Bertz CT molecular complexity index is 698. The number of halogens is 1. The van der Waals surface area contributed by atoms with E-state index in [4.69, 9.17) is 9.84 Å². The number of carbonyl (C=O) groups excluding carboxylic acids is 1. The van der Waals surface area contributed by atoms with Crippen molar-refractivity contribution in [3.63, 3.8) is 0 Å². The van der Waals surface area contributed by atoms with E-state index in [1.165, 1.54) is 38.5 Å². The van der Waals surface area contributed by atoms with Gasteiger partial charge in [0.2, 0.25) is 5.91 Å². The predicted octanol–water partition coefficient (Wildman–Crippen LogP) is 4.43. The van der Waals surface area contributed by atoms with E-state index in [1.54, 1.807) is 12.1 Å². The molecule has 4 fully saturated rings. The fourth-order valence-corrected chi connectivity index (χ4v) is 6.01. The highest BCUT2D eigenvalue weighted by Crippen LogP contribution is 2.61. The van der Waals surface area contributed by atoms with Gasteiger partial charge in [-0.15, -0.1) is 12.4 Å². The van der Waals surface area contributed by atoms with Crippen LogP contribution in [0, 0.1) is 30.1 Å². The Kier molecular flexibility index (Phi) is 5.71. The minimum absolute atomic E-state index is 0. The molecule has 1 aromatic carbocycles. The average Bonchev–Trinajstić information content (AvgIpc) is 2.53. The minimum atomic E-state index is -1.02. The smallest absolute Gasteiger partial charge is 0.341 e. The number of anilines is 1. The van der Waals surface area contributed by atoms with E-state index in [1.807, 2.05) is 13.0 Å². The molecule has 0 aromatic heterocycles. The van der Waals surface area contributed by atoms with Crippen molar-refractivity contribution in [2.75, 3.05) is 11.9 Å². The summed E-state index contributed by atoms with van der Waals surface area (Å²) >= 11 is 0. The van der Waals surface area contributed by atoms with Crippen molar-refractivity contribution < 1.29 is 19.4 Å². The number of aliphatic carboxylic acids is 1. The number of amides is 1. The fraction of sp³-hybridized carbons (Fsp3) is 0.619. The van der Waals surface area contributed by atoms with Crippen LogP contribution in [0.4, 0.5) is 5.69 Å². The summed E-state index contributed by atoms with van der Waals surface area (Å²) < 4.78 is 5.23. The maximum Gasteiger partial charge on any atom is 0.341 e. The number of carboxylic acid groups (broad SMARTS) is 1. The fourth-order valence-electron chi connectivity index (χ4n) is 6.01. The molecular formula is C21H28ClNO4. The van der Waals surface area contributed by atoms with Crippen LogP contribution in [0.5, 0.6) is 5.75 Å². The van der Waals surface area contributed by atoms with Gasteiger partial charge >= 0.3 is 5.97 Å². The van der Waals surface area contributed by atoms with E-state index >= 15 is 0 Å². The van der Waals surface area contributed by atoms with Gasteiger partial charge in [-0.2, -0.15) is 0 Å². The lowest BCUT2D eigenvalue weighted by atomic mass is 9.49. The van der Waals surface area contributed by atoms with Gasteiger partial charge in [-0.1, -0.05) is 6.07 Å². The minimum Gasteiger partial charge on any atom is -0.482 e. The molecule has 0 unspecified atom stereocenters. The summed E-state index contributed by atoms with van der Waals surface area (Å²) in [6.45, 7) is 1.55. The third-order valence-corrected chi connectivity index (χ3v) is 6.55. The van der Waals surface area contributed by atoms with Crippen LogP contribution in [0.25, 0.3) is 0 Å². The second kappa shape index (κ2) is 7.70. The average molecular weight is 394 g/mol. The molecule has 5 nitrogen and oxygen atoms in total. The zero-order valence-electron chi connectivity index (χ0n) is 15.7. The molecule has 27 heavy (non-hydrogen) atoms. The van der Waals surface area contributed by atoms with Crippen LogP contribution >= 0.6 is 12.4 Å². The molecule has 0 atom stereocenters. The lowest BCUT2D eigenvalue weighted by Gasteiger charge is -2.56. The molecule has 0 radical (unpaired) electrons. The van der Waals surface area contributed by atoms with Crippen molar-refractivity contribution in [1.82, 2.24) is 0 Å². The number of aryl methyl sites for hydroxylation is 1. The molecule has 2 N–H and O–H groups in total. The number of nitrogens with one attached hydrogen (secondary N) is 1. The van der Waals surface area contributed by atoms with E-state index in [2.05, 4.69) is 5.32 Å². The van der Waals surface area contributed by atoms with Gasteiger partial charge in [-0.3, -0.25) is 4.79 Å². The van der Waals surface area contributed by atoms with E-state index < -0.39 is 5.97 Å². The summed E-state index contributed by atoms with van der Waals surface area (Å²) in [6, 6.07) is 5.29. The normalized spacial score (nSPS) is 30.5. The third kappa shape index (κ3) is 4.40. The molecule has 0 aliphatic heterocycles. The number of hydrogen-bond donors (Lipinski definition) is 2. The topological polar surface area (TPSA) is 75.6 Å². The SMILES string of the molecule is Cc1ccc(OCC(=O)O)cc1NC(=O)CC12CC3CC(CC(C3)C1)C2.Cl. The summed E-state index contributed by atoms with van der Waals surface area (Å²) in [5, 5.41) is 11.8. The number of rotatable bonds is 6. The summed E-state index contributed by atoms with van der Waals surface area (Å²) in [6.07, 6.45) is 8.39. The van der Waals surface area contributed by atoms with Crippen LogP contribution < -0.4 is 10.1 Å². The molecule has 0 saturated heterocycles. The number of hydrogen-bond acceptors (Lipinski definition) is 3. The van der Waals surface area contributed by atoms with Crippen LogP contribution in [-0.2, 0) is 9.59 Å². The molecule has 148 valence electrons. The van der Waals surface area contributed by atoms with E-state index in [0.29, 0.717) is 17.9 Å². The van der Waals surface area contributed by atoms with Crippen LogP contribution in [0.3, 0.4) is 0 Å². The number of ether oxygens (including phenoxy) is 1. The zero-order valence-corrected chi connectivity index (χ0v) is 16.5. The second-order valence-corrected chi connectivity index (χ2v) is 8.80. The molecule has 0 heterocycles. The van der Waals surface area contributed by atoms with Crippen molar-refractivity contribution in [2.45, 2.75) is 51.9 Å².